The van der Waals surface area contributed by atoms with Gasteiger partial charge in [0.15, 0.2) is 5.82 Å². The van der Waals surface area contributed by atoms with E-state index in [1.54, 1.807) is 0 Å². The van der Waals surface area contributed by atoms with Crippen molar-refractivity contribution in [3.63, 3.8) is 0 Å². The van der Waals surface area contributed by atoms with Gasteiger partial charge in [-0.3, -0.25) is 0 Å². The Balaban J connectivity index is 1.27. The van der Waals surface area contributed by atoms with E-state index in [1.807, 2.05) is 78.9 Å². The van der Waals surface area contributed by atoms with Crippen molar-refractivity contribution in [3.05, 3.63) is 234 Å². The third-order valence-corrected chi connectivity index (χ3v) is 13.7. The third kappa shape index (κ3) is 8.96. The molecule has 0 radical (unpaired) electrons. The van der Waals surface area contributed by atoms with Crippen LogP contribution in [0.2, 0.25) is 0 Å². The van der Waals surface area contributed by atoms with Crippen LogP contribution in [0.1, 0.15) is 33.4 Å². The maximum Gasteiger partial charge on any atom is 0.416 e. The largest absolute Gasteiger partial charge is 0.416 e. The standard InChI is InChI=1S/C64H45F6N3/c1-38-15-27-51(40(3)31-38)46-21-29-59-55(33-46)56-34-47(52-28-16-39(2)32-41(52)4)22-30-60(56)73(59)61-53(42-17-23-49(24-18-42)63(65,66)67)35-48(36-54(61)43-19-25-50(26-20-43)64(68,69)70)58-37-57(44-11-7-5-8-12-44)71-62(72-58)45-13-9-6-10-14-45/h5-37H,1-4H3. The molecule has 0 spiro atoms. The zero-order valence-corrected chi connectivity index (χ0v) is 40.2. The number of benzene rings is 9. The number of hydrogen-bond donors (Lipinski definition) is 0. The van der Waals surface area contributed by atoms with Crippen molar-refractivity contribution in [2.24, 2.45) is 0 Å². The molecule has 0 unspecified atom stereocenters. The Morgan fingerprint density at radius 2 is 0.753 bits per heavy atom. The van der Waals surface area contributed by atoms with Gasteiger partial charge in [-0.1, -0.05) is 145 Å². The molecule has 11 rings (SSSR count). The van der Waals surface area contributed by atoms with Crippen LogP contribution in [0.4, 0.5) is 26.3 Å². The lowest BCUT2D eigenvalue weighted by Gasteiger charge is -2.22. The molecule has 9 aromatic carbocycles. The van der Waals surface area contributed by atoms with Gasteiger partial charge in [0.2, 0.25) is 0 Å². The fourth-order valence-electron chi connectivity index (χ4n) is 10.1. The minimum atomic E-state index is -4.61. The van der Waals surface area contributed by atoms with Gasteiger partial charge in [0.05, 0.1) is 39.2 Å². The number of fused-ring (bicyclic) bond motifs is 3. The predicted octanol–water partition coefficient (Wildman–Crippen LogP) is 18.5. The van der Waals surface area contributed by atoms with Crippen molar-refractivity contribution in [3.8, 4) is 84.1 Å². The number of alkyl halides is 6. The molecular formula is C64H45F6N3. The van der Waals surface area contributed by atoms with Crippen molar-refractivity contribution < 1.29 is 26.3 Å². The summed E-state index contributed by atoms with van der Waals surface area (Å²) in [5.74, 6) is 0.440. The molecule has 0 atom stereocenters. The van der Waals surface area contributed by atoms with Gasteiger partial charge in [-0.05, 0) is 139 Å². The van der Waals surface area contributed by atoms with Gasteiger partial charge in [-0.25, -0.2) is 9.97 Å². The molecule has 358 valence electrons. The Morgan fingerprint density at radius 3 is 1.18 bits per heavy atom. The van der Waals surface area contributed by atoms with Crippen molar-refractivity contribution in [1.82, 2.24) is 14.5 Å². The summed E-state index contributed by atoms with van der Waals surface area (Å²) in [6, 6.07) is 60.3. The second kappa shape index (κ2) is 18.2. The molecule has 11 aromatic rings. The Morgan fingerprint density at radius 1 is 0.342 bits per heavy atom. The minimum Gasteiger partial charge on any atom is -0.308 e. The van der Waals surface area contributed by atoms with Crippen LogP contribution in [0.3, 0.4) is 0 Å². The zero-order valence-electron chi connectivity index (χ0n) is 40.2. The molecule has 2 aromatic heterocycles. The highest BCUT2D eigenvalue weighted by molar-refractivity contribution is 6.13. The molecule has 2 heterocycles. The van der Waals surface area contributed by atoms with Crippen molar-refractivity contribution >= 4 is 21.8 Å². The summed E-state index contributed by atoms with van der Waals surface area (Å²) >= 11 is 0. The normalized spacial score (nSPS) is 12.0. The fourth-order valence-corrected chi connectivity index (χ4v) is 10.1. The summed E-state index contributed by atoms with van der Waals surface area (Å²) in [5.41, 5.74) is 14.4. The lowest BCUT2D eigenvalue weighted by atomic mass is 9.90. The van der Waals surface area contributed by atoms with Gasteiger partial charge in [0.1, 0.15) is 0 Å². The molecule has 0 bridgehead atoms. The number of nitrogens with zero attached hydrogens (tertiary/aromatic N) is 3. The number of halogens is 6. The highest BCUT2D eigenvalue weighted by Crippen LogP contribution is 2.47. The molecule has 0 saturated heterocycles. The lowest BCUT2D eigenvalue weighted by Crippen LogP contribution is -2.06. The molecule has 0 aliphatic carbocycles. The Labute approximate surface area is 418 Å². The number of rotatable bonds is 8. The third-order valence-electron chi connectivity index (χ3n) is 13.7. The molecule has 3 nitrogen and oxygen atoms in total. The monoisotopic (exact) mass is 969 g/mol. The molecule has 9 heteroatoms. The molecule has 0 aliphatic heterocycles. The van der Waals surface area contributed by atoms with Crippen LogP contribution in [-0.2, 0) is 12.4 Å². The Bertz CT molecular complexity index is 3650. The van der Waals surface area contributed by atoms with E-state index in [-0.39, 0.29) is 0 Å². The van der Waals surface area contributed by atoms with Crippen molar-refractivity contribution in [2.45, 2.75) is 40.0 Å². The Kier molecular flexibility index (Phi) is 11.7. The maximum absolute atomic E-state index is 14.3. The van der Waals surface area contributed by atoms with Gasteiger partial charge < -0.3 is 4.57 Å². The second-order valence-corrected chi connectivity index (χ2v) is 18.7. The maximum atomic E-state index is 14.3. The van der Waals surface area contributed by atoms with Gasteiger partial charge in [0.25, 0.3) is 0 Å². The highest BCUT2D eigenvalue weighted by atomic mass is 19.4. The van der Waals surface area contributed by atoms with Crippen LogP contribution in [-0.4, -0.2) is 14.5 Å². The number of hydrogen-bond acceptors (Lipinski definition) is 2. The van der Waals surface area contributed by atoms with Crippen molar-refractivity contribution in [1.29, 1.82) is 0 Å². The molecule has 73 heavy (non-hydrogen) atoms. The van der Waals surface area contributed by atoms with E-state index < -0.39 is 23.5 Å². The van der Waals surface area contributed by atoms with E-state index in [2.05, 4.69) is 105 Å². The summed E-state index contributed by atoms with van der Waals surface area (Å²) in [6.07, 6.45) is -9.21. The summed E-state index contributed by atoms with van der Waals surface area (Å²) in [6.45, 7) is 8.30. The highest BCUT2D eigenvalue weighted by Gasteiger charge is 2.32. The second-order valence-electron chi connectivity index (χ2n) is 18.7. The van der Waals surface area contributed by atoms with E-state index in [9.17, 15) is 26.3 Å². The van der Waals surface area contributed by atoms with Crippen LogP contribution < -0.4 is 0 Å². The first-order valence-corrected chi connectivity index (χ1v) is 23.8. The van der Waals surface area contributed by atoms with Crippen LogP contribution in [0.5, 0.6) is 0 Å². The SMILES string of the molecule is Cc1ccc(-c2ccc3c(c2)c2cc(-c4ccc(C)cc4C)ccc2n3-c2c(-c3ccc(C(F)(F)F)cc3)cc(-c3cc(-c4ccccc4)nc(-c4ccccc4)n3)cc2-c2ccc(C(F)(F)F)cc2)c(C)c1. The summed E-state index contributed by atoms with van der Waals surface area (Å²) in [5, 5.41) is 1.83. The molecule has 0 fully saturated rings. The van der Waals surface area contributed by atoms with E-state index in [1.165, 1.54) is 24.3 Å². The van der Waals surface area contributed by atoms with Gasteiger partial charge in [0, 0.05) is 38.6 Å². The van der Waals surface area contributed by atoms with E-state index >= 15 is 0 Å². The lowest BCUT2D eigenvalue weighted by molar-refractivity contribution is -0.138. The Hall–Kier alpha value is -8.56. The molecule has 0 amide bonds. The van der Waals surface area contributed by atoms with E-state index in [4.69, 9.17) is 9.97 Å². The fraction of sp³-hybridized carbons (Fsp3) is 0.0938. The number of aromatic nitrogens is 3. The van der Waals surface area contributed by atoms with Gasteiger partial charge >= 0.3 is 12.4 Å². The first kappa shape index (κ1) is 46.8. The number of aryl methyl sites for hydroxylation is 4. The van der Waals surface area contributed by atoms with Gasteiger partial charge in [-0.2, -0.15) is 26.3 Å². The first-order valence-electron chi connectivity index (χ1n) is 23.8. The van der Waals surface area contributed by atoms with Crippen LogP contribution in [0.25, 0.3) is 106 Å². The van der Waals surface area contributed by atoms with Crippen LogP contribution >= 0.6 is 0 Å². The summed E-state index contributed by atoms with van der Waals surface area (Å²) < 4.78 is 88.0. The average Bonchev–Trinajstić information content (AvgIpc) is 3.71. The predicted molar refractivity (Wildman–Crippen MR) is 283 cm³/mol. The van der Waals surface area contributed by atoms with Gasteiger partial charge in [-0.15, -0.1) is 0 Å². The van der Waals surface area contributed by atoms with E-state index in [0.717, 1.165) is 102 Å². The zero-order chi connectivity index (χ0) is 50.8. The van der Waals surface area contributed by atoms with Crippen LogP contribution in [0.15, 0.2) is 200 Å². The van der Waals surface area contributed by atoms with Crippen LogP contribution in [0, 0.1) is 27.7 Å². The van der Waals surface area contributed by atoms with E-state index in [0.29, 0.717) is 50.7 Å². The molecule has 0 saturated carbocycles. The van der Waals surface area contributed by atoms with Crippen molar-refractivity contribution in [2.75, 3.05) is 0 Å². The molecule has 0 aliphatic rings. The quantitative estimate of drug-likeness (QED) is 0.142. The summed E-state index contributed by atoms with van der Waals surface area (Å²) in [7, 11) is 0. The average molecular weight is 970 g/mol. The topological polar surface area (TPSA) is 30.7 Å². The smallest absolute Gasteiger partial charge is 0.308 e. The molecular weight excluding hydrogens is 925 g/mol. The minimum absolute atomic E-state index is 0.440. The summed E-state index contributed by atoms with van der Waals surface area (Å²) in [4.78, 5) is 10.1. The molecule has 0 N–H and O–H groups in total. The first-order chi connectivity index (χ1) is 35.1.